The molecule has 0 spiro atoms. The molecule has 0 saturated heterocycles. The van der Waals surface area contributed by atoms with Crippen molar-refractivity contribution in [3.8, 4) is 5.75 Å². The van der Waals surface area contributed by atoms with Crippen LogP contribution in [0.2, 0.25) is 0 Å². The Morgan fingerprint density at radius 2 is 1.88 bits per heavy atom. The topological polar surface area (TPSA) is 21.3 Å². The van der Waals surface area contributed by atoms with Crippen LogP contribution in [0.3, 0.4) is 0 Å². The van der Waals surface area contributed by atoms with Gasteiger partial charge in [-0.25, -0.2) is 0 Å². The van der Waals surface area contributed by atoms with Crippen molar-refractivity contribution in [2.75, 3.05) is 31.2 Å². The summed E-state index contributed by atoms with van der Waals surface area (Å²) in [6.45, 7) is 5.17. The van der Waals surface area contributed by atoms with Crippen LogP contribution in [0, 0.1) is 0 Å². The van der Waals surface area contributed by atoms with Gasteiger partial charge in [0.1, 0.15) is 5.75 Å². The number of para-hydroxylation sites is 1. The Kier molecular flexibility index (Phi) is 8.87. The minimum Gasteiger partial charge on any atom is -0.494 e. The van der Waals surface area contributed by atoms with Crippen LogP contribution in [0.1, 0.15) is 19.8 Å². The lowest BCUT2D eigenvalue weighted by Gasteiger charge is -2.06. The molecule has 0 aliphatic heterocycles. The summed E-state index contributed by atoms with van der Waals surface area (Å²) >= 11 is 2.01. The molecule has 0 aliphatic carbocycles. The quantitative estimate of drug-likeness (QED) is 0.647. The van der Waals surface area contributed by atoms with Gasteiger partial charge in [0, 0.05) is 0 Å². The third-order valence-electron chi connectivity index (χ3n) is 2.36. The first-order chi connectivity index (χ1) is 8.43. The standard InChI is InChI=1S/C14H23NOS/c1-2-17-13-7-11-15-10-6-12-16-14-8-4-3-5-9-14/h3-5,8-9,15H,2,6-7,10-13H2,1H3. The van der Waals surface area contributed by atoms with Crippen molar-refractivity contribution in [2.24, 2.45) is 0 Å². The normalized spacial score (nSPS) is 10.4. The van der Waals surface area contributed by atoms with Gasteiger partial charge in [0.05, 0.1) is 6.61 Å². The molecule has 1 aromatic carbocycles. The van der Waals surface area contributed by atoms with E-state index in [-0.39, 0.29) is 0 Å². The maximum absolute atomic E-state index is 5.61. The predicted octanol–water partition coefficient (Wildman–Crippen LogP) is 3.19. The second kappa shape index (κ2) is 10.5. The molecule has 0 radical (unpaired) electrons. The summed E-state index contributed by atoms with van der Waals surface area (Å²) in [5, 5.41) is 3.44. The molecule has 0 aromatic heterocycles. The molecule has 2 nitrogen and oxygen atoms in total. The zero-order chi connectivity index (χ0) is 12.2. The number of hydrogen-bond donors (Lipinski definition) is 1. The van der Waals surface area contributed by atoms with E-state index >= 15 is 0 Å². The van der Waals surface area contributed by atoms with Crippen molar-refractivity contribution >= 4 is 11.8 Å². The SMILES string of the molecule is CCSCCCNCCCOc1ccccc1. The molecule has 0 aliphatic rings. The van der Waals surface area contributed by atoms with Crippen molar-refractivity contribution in [2.45, 2.75) is 19.8 Å². The van der Waals surface area contributed by atoms with Gasteiger partial charge in [-0.05, 0) is 49.6 Å². The molecule has 0 atom stereocenters. The molecule has 0 bridgehead atoms. The summed E-state index contributed by atoms with van der Waals surface area (Å²) in [6, 6.07) is 9.99. The largest absolute Gasteiger partial charge is 0.494 e. The van der Waals surface area contributed by atoms with E-state index in [0.29, 0.717) is 0 Å². The molecule has 1 rings (SSSR count). The van der Waals surface area contributed by atoms with Crippen molar-refractivity contribution in [3.05, 3.63) is 30.3 Å². The molecule has 0 unspecified atom stereocenters. The molecule has 17 heavy (non-hydrogen) atoms. The number of ether oxygens (including phenoxy) is 1. The second-order valence-corrected chi connectivity index (χ2v) is 5.21. The third-order valence-corrected chi connectivity index (χ3v) is 3.34. The third kappa shape index (κ3) is 8.11. The van der Waals surface area contributed by atoms with Crippen LogP contribution in [-0.4, -0.2) is 31.2 Å². The first-order valence-corrected chi connectivity index (χ1v) is 7.55. The minimum atomic E-state index is 0.792. The van der Waals surface area contributed by atoms with E-state index in [2.05, 4.69) is 12.2 Å². The Morgan fingerprint density at radius 1 is 1.12 bits per heavy atom. The number of hydrogen-bond acceptors (Lipinski definition) is 3. The Bertz CT molecular complexity index is 266. The summed E-state index contributed by atoms with van der Waals surface area (Å²) < 4.78 is 5.61. The zero-order valence-electron chi connectivity index (χ0n) is 10.7. The molecule has 3 heteroatoms. The van der Waals surface area contributed by atoms with E-state index < -0.39 is 0 Å². The van der Waals surface area contributed by atoms with E-state index in [0.717, 1.165) is 31.9 Å². The fourth-order valence-corrected chi connectivity index (χ4v) is 2.11. The molecule has 0 heterocycles. The van der Waals surface area contributed by atoms with Crippen LogP contribution < -0.4 is 10.1 Å². The van der Waals surface area contributed by atoms with Crippen molar-refractivity contribution in [1.82, 2.24) is 5.32 Å². The molecule has 1 aromatic rings. The Labute approximate surface area is 109 Å². The molecular formula is C14H23NOS. The highest BCUT2D eigenvalue weighted by Gasteiger charge is 1.92. The highest BCUT2D eigenvalue weighted by atomic mass is 32.2. The van der Waals surface area contributed by atoms with Gasteiger partial charge in [0.15, 0.2) is 0 Å². The molecular weight excluding hydrogens is 230 g/mol. The lowest BCUT2D eigenvalue weighted by atomic mass is 10.3. The number of rotatable bonds is 10. The van der Waals surface area contributed by atoms with Gasteiger partial charge in [-0.15, -0.1) is 0 Å². The smallest absolute Gasteiger partial charge is 0.119 e. The average molecular weight is 253 g/mol. The number of nitrogens with one attached hydrogen (secondary N) is 1. The summed E-state index contributed by atoms with van der Waals surface area (Å²) in [4.78, 5) is 0. The summed E-state index contributed by atoms with van der Waals surface area (Å²) in [6.07, 6.45) is 2.33. The molecule has 0 amide bonds. The van der Waals surface area contributed by atoms with E-state index in [1.165, 1.54) is 17.9 Å². The summed E-state index contributed by atoms with van der Waals surface area (Å²) in [5.74, 6) is 3.46. The van der Waals surface area contributed by atoms with Crippen LogP contribution in [-0.2, 0) is 0 Å². The lowest BCUT2D eigenvalue weighted by molar-refractivity contribution is 0.308. The Morgan fingerprint density at radius 3 is 2.65 bits per heavy atom. The van der Waals surface area contributed by atoms with Gasteiger partial charge in [-0.1, -0.05) is 25.1 Å². The van der Waals surface area contributed by atoms with E-state index in [9.17, 15) is 0 Å². The van der Waals surface area contributed by atoms with Crippen LogP contribution in [0.15, 0.2) is 30.3 Å². The van der Waals surface area contributed by atoms with Crippen LogP contribution in [0.5, 0.6) is 5.75 Å². The fourth-order valence-electron chi connectivity index (χ4n) is 1.47. The number of benzene rings is 1. The average Bonchev–Trinajstić information content (AvgIpc) is 2.38. The van der Waals surface area contributed by atoms with Crippen molar-refractivity contribution in [1.29, 1.82) is 0 Å². The first kappa shape index (κ1) is 14.4. The van der Waals surface area contributed by atoms with Gasteiger partial charge in [-0.2, -0.15) is 11.8 Å². The van der Waals surface area contributed by atoms with E-state index in [1.807, 2.05) is 42.1 Å². The van der Waals surface area contributed by atoms with Crippen LogP contribution >= 0.6 is 11.8 Å². The molecule has 1 N–H and O–H groups in total. The van der Waals surface area contributed by atoms with Crippen molar-refractivity contribution in [3.63, 3.8) is 0 Å². The summed E-state index contributed by atoms with van der Waals surface area (Å²) in [5.41, 5.74) is 0. The van der Waals surface area contributed by atoms with E-state index in [4.69, 9.17) is 4.74 Å². The zero-order valence-corrected chi connectivity index (χ0v) is 11.5. The highest BCUT2D eigenvalue weighted by molar-refractivity contribution is 7.99. The maximum Gasteiger partial charge on any atom is 0.119 e. The Balaban J connectivity index is 1.85. The van der Waals surface area contributed by atoms with Crippen molar-refractivity contribution < 1.29 is 4.74 Å². The van der Waals surface area contributed by atoms with Gasteiger partial charge < -0.3 is 10.1 Å². The van der Waals surface area contributed by atoms with Crippen LogP contribution in [0.25, 0.3) is 0 Å². The lowest BCUT2D eigenvalue weighted by Crippen LogP contribution is -2.19. The second-order valence-electron chi connectivity index (χ2n) is 3.82. The molecule has 96 valence electrons. The molecule has 0 saturated carbocycles. The monoisotopic (exact) mass is 253 g/mol. The highest BCUT2D eigenvalue weighted by Crippen LogP contribution is 2.08. The maximum atomic E-state index is 5.61. The van der Waals surface area contributed by atoms with Crippen LogP contribution in [0.4, 0.5) is 0 Å². The van der Waals surface area contributed by atoms with Gasteiger partial charge in [0.2, 0.25) is 0 Å². The van der Waals surface area contributed by atoms with Gasteiger partial charge in [-0.3, -0.25) is 0 Å². The van der Waals surface area contributed by atoms with E-state index in [1.54, 1.807) is 0 Å². The Hall–Kier alpha value is -0.670. The number of thioether (sulfide) groups is 1. The first-order valence-electron chi connectivity index (χ1n) is 6.40. The fraction of sp³-hybridized carbons (Fsp3) is 0.571. The molecule has 0 fully saturated rings. The van der Waals surface area contributed by atoms with Gasteiger partial charge in [0.25, 0.3) is 0 Å². The van der Waals surface area contributed by atoms with Gasteiger partial charge >= 0.3 is 0 Å². The summed E-state index contributed by atoms with van der Waals surface area (Å²) in [7, 11) is 0. The predicted molar refractivity (Wildman–Crippen MR) is 77.0 cm³/mol. The minimum absolute atomic E-state index is 0.792.